The van der Waals surface area contributed by atoms with Crippen LogP contribution < -0.4 is 5.56 Å². The standard InChI is InChI=1S/C19H16N2O4S3/c1-10-12(18(23)24-3)7-11(25-10)8-28-19-20-16-15(17(22)21(19)2)13(9-27-16)14-5-4-6-26-14/h4-7,9H,8H2,1-3H3. The summed E-state index contributed by atoms with van der Waals surface area (Å²) in [6.45, 7) is 1.72. The Labute approximate surface area is 172 Å². The summed E-state index contributed by atoms with van der Waals surface area (Å²) in [7, 11) is 3.06. The minimum Gasteiger partial charge on any atom is -0.465 e. The van der Waals surface area contributed by atoms with Crippen molar-refractivity contribution in [3.05, 3.63) is 56.4 Å². The molecule has 6 nitrogen and oxygen atoms in total. The normalized spacial score (nSPS) is 11.2. The summed E-state index contributed by atoms with van der Waals surface area (Å²) in [6, 6.07) is 5.65. The molecule has 4 aromatic rings. The van der Waals surface area contributed by atoms with Crippen LogP contribution in [0, 0.1) is 6.92 Å². The van der Waals surface area contributed by atoms with Gasteiger partial charge in [-0.05, 0) is 24.4 Å². The topological polar surface area (TPSA) is 74.3 Å². The average Bonchev–Trinajstić information content (AvgIpc) is 3.42. The third-order valence-corrected chi connectivity index (χ3v) is 7.11. The number of thiophene rings is 2. The van der Waals surface area contributed by atoms with E-state index >= 15 is 0 Å². The van der Waals surface area contributed by atoms with Crippen molar-refractivity contribution in [3.8, 4) is 10.4 Å². The Morgan fingerprint density at radius 2 is 2.21 bits per heavy atom. The van der Waals surface area contributed by atoms with Gasteiger partial charge in [0, 0.05) is 22.9 Å². The molecule has 0 aromatic carbocycles. The van der Waals surface area contributed by atoms with Gasteiger partial charge >= 0.3 is 5.97 Å². The van der Waals surface area contributed by atoms with Crippen LogP contribution in [0.1, 0.15) is 21.9 Å². The van der Waals surface area contributed by atoms with E-state index in [9.17, 15) is 9.59 Å². The molecule has 0 N–H and O–H groups in total. The summed E-state index contributed by atoms with van der Waals surface area (Å²) in [6.07, 6.45) is 0. The van der Waals surface area contributed by atoms with Gasteiger partial charge in [0.2, 0.25) is 0 Å². The van der Waals surface area contributed by atoms with E-state index in [2.05, 4.69) is 4.98 Å². The van der Waals surface area contributed by atoms with E-state index in [1.165, 1.54) is 30.2 Å². The number of furan rings is 1. The highest BCUT2D eigenvalue weighted by molar-refractivity contribution is 7.98. The maximum Gasteiger partial charge on any atom is 0.341 e. The number of hydrogen-bond donors (Lipinski definition) is 0. The number of fused-ring (bicyclic) bond motifs is 1. The maximum absolute atomic E-state index is 13.0. The van der Waals surface area contributed by atoms with Crippen LogP contribution in [0.3, 0.4) is 0 Å². The van der Waals surface area contributed by atoms with Gasteiger partial charge in [0.25, 0.3) is 5.56 Å². The number of carbonyl (C=O) groups is 1. The van der Waals surface area contributed by atoms with Gasteiger partial charge in [-0.1, -0.05) is 17.8 Å². The molecule has 0 radical (unpaired) electrons. The number of esters is 1. The van der Waals surface area contributed by atoms with E-state index in [0.717, 1.165) is 15.3 Å². The van der Waals surface area contributed by atoms with E-state index in [-0.39, 0.29) is 5.56 Å². The second kappa shape index (κ2) is 7.57. The molecule has 28 heavy (non-hydrogen) atoms. The van der Waals surface area contributed by atoms with Gasteiger partial charge in [-0.3, -0.25) is 9.36 Å². The molecule has 0 saturated carbocycles. The van der Waals surface area contributed by atoms with E-state index in [0.29, 0.717) is 33.4 Å². The third-order valence-electron chi connectivity index (χ3n) is 4.28. The van der Waals surface area contributed by atoms with Crippen LogP contribution in [0.2, 0.25) is 0 Å². The Morgan fingerprint density at radius 3 is 2.93 bits per heavy atom. The van der Waals surface area contributed by atoms with Crippen molar-refractivity contribution in [2.75, 3.05) is 7.11 Å². The van der Waals surface area contributed by atoms with Gasteiger partial charge in [-0.2, -0.15) is 0 Å². The Morgan fingerprint density at radius 1 is 1.39 bits per heavy atom. The fourth-order valence-electron chi connectivity index (χ4n) is 2.86. The Kier molecular flexibility index (Phi) is 5.13. The van der Waals surface area contributed by atoms with Gasteiger partial charge in [-0.15, -0.1) is 22.7 Å². The SMILES string of the molecule is COC(=O)c1cc(CSc2nc3scc(-c4cccs4)c3c(=O)n2C)oc1C. The van der Waals surface area contributed by atoms with Crippen LogP contribution in [0.25, 0.3) is 20.7 Å². The highest BCUT2D eigenvalue weighted by atomic mass is 32.2. The highest BCUT2D eigenvalue weighted by Crippen LogP contribution is 2.34. The zero-order valence-corrected chi connectivity index (χ0v) is 17.8. The van der Waals surface area contributed by atoms with Crippen molar-refractivity contribution in [1.82, 2.24) is 9.55 Å². The molecule has 0 unspecified atom stereocenters. The van der Waals surface area contributed by atoms with Crippen molar-refractivity contribution in [1.29, 1.82) is 0 Å². The molecule has 0 aliphatic heterocycles. The molecule has 0 aliphatic rings. The van der Waals surface area contributed by atoms with Gasteiger partial charge < -0.3 is 9.15 Å². The number of ether oxygens (including phenoxy) is 1. The molecule has 0 bridgehead atoms. The van der Waals surface area contributed by atoms with Crippen molar-refractivity contribution in [2.24, 2.45) is 7.05 Å². The zero-order valence-electron chi connectivity index (χ0n) is 15.3. The molecule has 0 amide bonds. The van der Waals surface area contributed by atoms with Gasteiger partial charge in [-0.25, -0.2) is 9.78 Å². The van der Waals surface area contributed by atoms with E-state index in [4.69, 9.17) is 9.15 Å². The monoisotopic (exact) mass is 432 g/mol. The van der Waals surface area contributed by atoms with Gasteiger partial charge in [0.05, 0.1) is 18.2 Å². The van der Waals surface area contributed by atoms with E-state index in [1.807, 2.05) is 22.9 Å². The lowest BCUT2D eigenvalue weighted by molar-refractivity contribution is 0.0599. The first-order valence-electron chi connectivity index (χ1n) is 8.32. The molecule has 4 heterocycles. The predicted molar refractivity (Wildman–Crippen MR) is 113 cm³/mol. The molecule has 0 atom stereocenters. The number of nitrogens with zero attached hydrogens (tertiary/aromatic N) is 2. The minimum atomic E-state index is -0.427. The lowest BCUT2D eigenvalue weighted by Crippen LogP contribution is -2.19. The first-order valence-corrected chi connectivity index (χ1v) is 11.1. The second-order valence-electron chi connectivity index (χ2n) is 6.03. The Bertz CT molecular complexity index is 1220. The second-order valence-corrected chi connectivity index (χ2v) is 8.78. The van der Waals surface area contributed by atoms with Crippen molar-refractivity contribution in [2.45, 2.75) is 17.8 Å². The highest BCUT2D eigenvalue weighted by Gasteiger charge is 2.18. The fourth-order valence-corrected chi connectivity index (χ4v) is 5.51. The molecule has 144 valence electrons. The maximum atomic E-state index is 13.0. The summed E-state index contributed by atoms with van der Waals surface area (Å²) in [5.41, 5.74) is 1.28. The number of carbonyl (C=O) groups excluding carboxylic acids is 1. The summed E-state index contributed by atoms with van der Waals surface area (Å²) in [5.74, 6) is 1.16. The van der Waals surface area contributed by atoms with E-state index in [1.54, 1.807) is 35.9 Å². The molecular weight excluding hydrogens is 416 g/mol. The number of aryl methyl sites for hydroxylation is 1. The molecule has 4 rings (SSSR count). The van der Waals surface area contributed by atoms with Crippen LogP contribution in [0.4, 0.5) is 0 Å². The van der Waals surface area contributed by atoms with Crippen LogP contribution in [0.15, 0.2) is 43.3 Å². The lowest BCUT2D eigenvalue weighted by atomic mass is 10.2. The molecule has 0 spiro atoms. The molecule has 0 saturated heterocycles. The number of thioether (sulfide) groups is 1. The quantitative estimate of drug-likeness (QED) is 0.258. The summed E-state index contributed by atoms with van der Waals surface area (Å²) >= 11 is 4.47. The van der Waals surface area contributed by atoms with Crippen molar-refractivity contribution >= 4 is 50.6 Å². The van der Waals surface area contributed by atoms with E-state index < -0.39 is 5.97 Å². The minimum absolute atomic E-state index is 0.0666. The summed E-state index contributed by atoms with van der Waals surface area (Å²) in [4.78, 5) is 31.1. The van der Waals surface area contributed by atoms with Crippen LogP contribution in [0.5, 0.6) is 0 Å². The molecular formula is C19H16N2O4S3. The number of hydrogen-bond acceptors (Lipinski definition) is 8. The zero-order chi connectivity index (χ0) is 19.8. The average molecular weight is 433 g/mol. The predicted octanol–water partition coefficient (Wildman–Crippen LogP) is 4.70. The van der Waals surface area contributed by atoms with Crippen molar-refractivity contribution in [3.63, 3.8) is 0 Å². The molecule has 9 heteroatoms. The Balaban J connectivity index is 1.64. The number of rotatable bonds is 5. The van der Waals surface area contributed by atoms with Crippen LogP contribution in [-0.4, -0.2) is 22.6 Å². The Hall–Kier alpha value is -2.36. The largest absolute Gasteiger partial charge is 0.465 e. The molecule has 4 aromatic heterocycles. The molecule has 0 fully saturated rings. The summed E-state index contributed by atoms with van der Waals surface area (Å²) < 4.78 is 11.9. The van der Waals surface area contributed by atoms with Crippen molar-refractivity contribution < 1.29 is 13.9 Å². The smallest absolute Gasteiger partial charge is 0.341 e. The van der Waals surface area contributed by atoms with Gasteiger partial charge in [0.1, 0.15) is 21.9 Å². The first kappa shape index (κ1) is 19.0. The number of methoxy groups -OCH3 is 1. The lowest BCUT2D eigenvalue weighted by Gasteiger charge is -2.06. The fraction of sp³-hybridized carbons (Fsp3) is 0.211. The first-order chi connectivity index (χ1) is 13.5. The van der Waals surface area contributed by atoms with Crippen LogP contribution >= 0.6 is 34.4 Å². The van der Waals surface area contributed by atoms with Crippen LogP contribution in [-0.2, 0) is 17.5 Å². The molecule has 0 aliphatic carbocycles. The third kappa shape index (κ3) is 3.30. The summed E-state index contributed by atoms with van der Waals surface area (Å²) in [5, 5.41) is 5.24. The van der Waals surface area contributed by atoms with Gasteiger partial charge in [0.15, 0.2) is 5.16 Å². The number of aromatic nitrogens is 2.